The molecule has 2 aromatic rings. The van der Waals surface area contributed by atoms with Crippen LogP contribution in [0, 0.1) is 4.64 Å². The molecule has 4 nitrogen and oxygen atoms in total. The number of hydrogen-bond acceptors (Lipinski definition) is 4. The fraction of sp³-hybridized carbons (Fsp3) is 0.231. The number of methoxy groups -OCH3 is 2. The van der Waals surface area contributed by atoms with Crippen LogP contribution in [0.25, 0.3) is 11.4 Å². The molecule has 0 fully saturated rings. The number of rotatable bonds is 4. The van der Waals surface area contributed by atoms with E-state index >= 15 is 0 Å². The minimum absolute atomic E-state index is 0.428. The molecule has 7 heteroatoms. The maximum Gasteiger partial charge on any atom is 0.144 e. The summed E-state index contributed by atoms with van der Waals surface area (Å²) in [6, 6.07) is 5.72. The van der Waals surface area contributed by atoms with Crippen molar-refractivity contribution in [3.05, 3.63) is 37.5 Å². The van der Waals surface area contributed by atoms with Gasteiger partial charge < -0.3 is 14.5 Å². The molecule has 0 saturated heterocycles. The van der Waals surface area contributed by atoms with Crippen molar-refractivity contribution in [2.75, 3.05) is 14.2 Å². The number of aromatic nitrogens is 2. The van der Waals surface area contributed by atoms with Crippen molar-refractivity contribution in [2.24, 2.45) is 0 Å². The normalized spacial score (nSPS) is 10.6. The molecule has 2 rings (SSSR count). The first kappa shape index (κ1) is 15.6. The van der Waals surface area contributed by atoms with Gasteiger partial charge in [-0.15, -0.1) is 0 Å². The molecule has 0 aliphatic carbocycles. The van der Waals surface area contributed by atoms with Crippen LogP contribution in [0.3, 0.4) is 0 Å². The summed E-state index contributed by atoms with van der Waals surface area (Å²) in [5.74, 6) is 1.45. The van der Waals surface area contributed by atoms with Crippen LogP contribution < -0.4 is 4.74 Å². The van der Waals surface area contributed by atoms with Gasteiger partial charge in [-0.05, 0) is 50.1 Å². The quantitative estimate of drug-likeness (QED) is 0.741. The van der Waals surface area contributed by atoms with Crippen molar-refractivity contribution in [2.45, 2.75) is 6.61 Å². The largest absolute Gasteiger partial charge is 0.496 e. The maximum atomic E-state index is 5.25. The van der Waals surface area contributed by atoms with Crippen LogP contribution in [-0.4, -0.2) is 24.2 Å². The summed E-state index contributed by atoms with van der Waals surface area (Å²) < 4.78 is 12.5. The maximum absolute atomic E-state index is 5.25. The average molecular weight is 420 g/mol. The van der Waals surface area contributed by atoms with Crippen LogP contribution in [-0.2, 0) is 11.3 Å². The number of nitrogens with one attached hydrogen (secondary N) is 1. The van der Waals surface area contributed by atoms with Crippen LogP contribution in [0.5, 0.6) is 5.75 Å². The van der Waals surface area contributed by atoms with Gasteiger partial charge in [0, 0.05) is 12.7 Å². The highest BCUT2D eigenvalue weighted by Gasteiger charge is 2.09. The zero-order valence-electron chi connectivity index (χ0n) is 10.9. The molecule has 0 bridgehead atoms. The van der Waals surface area contributed by atoms with Gasteiger partial charge in [-0.2, -0.15) is 0 Å². The molecular weight excluding hydrogens is 408 g/mol. The fourth-order valence-electron chi connectivity index (χ4n) is 1.70. The van der Waals surface area contributed by atoms with E-state index in [0.717, 1.165) is 26.0 Å². The second-order valence-corrected chi connectivity index (χ2v) is 6.00. The van der Waals surface area contributed by atoms with Crippen molar-refractivity contribution in [1.82, 2.24) is 9.97 Å². The summed E-state index contributed by atoms with van der Waals surface area (Å²) in [4.78, 5) is 7.60. The third-order valence-corrected chi connectivity index (χ3v) is 4.68. The molecule has 1 N–H and O–H groups in total. The lowest BCUT2D eigenvalue weighted by atomic mass is 10.2. The first-order valence-corrected chi connectivity index (χ1v) is 7.67. The Balaban J connectivity index is 2.52. The SMILES string of the molecule is COCc1[nH]c(-c2ccc(OC)c(Br)c2)nc(=S)c1Br. The topological polar surface area (TPSA) is 47.1 Å². The van der Waals surface area contributed by atoms with Gasteiger partial charge in [0.15, 0.2) is 0 Å². The molecule has 1 aromatic carbocycles. The molecule has 0 atom stereocenters. The molecule has 0 unspecified atom stereocenters. The van der Waals surface area contributed by atoms with Crippen LogP contribution >= 0.6 is 44.1 Å². The Kier molecular flexibility index (Phi) is 5.31. The number of nitrogens with zero attached hydrogens (tertiary/aromatic N) is 1. The highest BCUT2D eigenvalue weighted by Crippen LogP contribution is 2.30. The van der Waals surface area contributed by atoms with Crippen molar-refractivity contribution < 1.29 is 9.47 Å². The zero-order chi connectivity index (χ0) is 14.7. The van der Waals surface area contributed by atoms with Gasteiger partial charge in [0.1, 0.15) is 16.2 Å². The smallest absolute Gasteiger partial charge is 0.144 e. The standard InChI is InChI=1S/C13H12Br2N2O2S/c1-18-6-9-11(15)13(20)17-12(16-9)7-3-4-10(19-2)8(14)5-7/h3-5H,6H2,1-2H3,(H,16,17,20). The van der Waals surface area contributed by atoms with E-state index in [1.54, 1.807) is 14.2 Å². The van der Waals surface area contributed by atoms with E-state index in [1.165, 1.54) is 0 Å². The molecule has 0 radical (unpaired) electrons. The molecule has 1 heterocycles. The van der Waals surface area contributed by atoms with Gasteiger partial charge in [0.05, 0.1) is 28.4 Å². The predicted octanol–water partition coefficient (Wildman–Crippen LogP) is 4.49. The Hall–Kier alpha value is -0.760. The molecule has 20 heavy (non-hydrogen) atoms. The Labute approximate surface area is 138 Å². The third-order valence-electron chi connectivity index (χ3n) is 2.65. The van der Waals surface area contributed by atoms with Gasteiger partial charge in [-0.3, -0.25) is 0 Å². The third kappa shape index (κ3) is 3.28. The second-order valence-electron chi connectivity index (χ2n) is 3.97. The zero-order valence-corrected chi connectivity index (χ0v) is 14.9. The van der Waals surface area contributed by atoms with Crippen molar-refractivity contribution in [3.63, 3.8) is 0 Å². The Morgan fingerprint density at radius 1 is 1.30 bits per heavy atom. The molecule has 1 aromatic heterocycles. The monoisotopic (exact) mass is 418 g/mol. The van der Waals surface area contributed by atoms with E-state index in [4.69, 9.17) is 21.7 Å². The van der Waals surface area contributed by atoms with Gasteiger partial charge in [-0.25, -0.2) is 4.98 Å². The fourth-order valence-corrected chi connectivity index (χ4v) is 2.76. The number of ether oxygens (including phenoxy) is 2. The van der Waals surface area contributed by atoms with E-state index < -0.39 is 0 Å². The molecular formula is C13H12Br2N2O2S. The average Bonchev–Trinajstić information content (AvgIpc) is 2.43. The van der Waals surface area contributed by atoms with Crippen LogP contribution in [0.2, 0.25) is 0 Å². The molecule has 0 amide bonds. The van der Waals surface area contributed by atoms with Gasteiger partial charge in [-0.1, -0.05) is 12.2 Å². The van der Waals surface area contributed by atoms with Crippen LogP contribution in [0.4, 0.5) is 0 Å². The van der Waals surface area contributed by atoms with E-state index in [1.807, 2.05) is 18.2 Å². The second kappa shape index (κ2) is 6.80. The lowest BCUT2D eigenvalue weighted by Gasteiger charge is -2.09. The minimum atomic E-state index is 0.428. The van der Waals surface area contributed by atoms with E-state index in [-0.39, 0.29) is 0 Å². The van der Waals surface area contributed by atoms with Crippen LogP contribution in [0.15, 0.2) is 27.1 Å². The Morgan fingerprint density at radius 3 is 2.65 bits per heavy atom. The summed E-state index contributed by atoms with van der Waals surface area (Å²) in [7, 11) is 3.26. The summed E-state index contributed by atoms with van der Waals surface area (Å²) in [5.41, 5.74) is 1.77. The van der Waals surface area contributed by atoms with E-state index in [9.17, 15) is 0 Å². The van der Waals surface area contributed by atoms with Crippen molar-refractivity contribution in [1.29, 1.82) is 0 Å². The summed E-state index contributed by atoms with van der Waals surface area (Å²) in [6.07, 6.45) is 0. The summed E-state index contributed by atoms with van der Waals surface area (Å²) in [6.45, 7) is 0.428. The Bertz CT molecular complexity index is 689. The summed E-state index contributed by atoms with van der Waals surface area (Å²) >= 11 is 12.1. The highest BCUT2D eigenvalue weighted by atomic mass is 79.9. The van der Waals surface area contributed by atoms with E-state index in [2.05, 4.69) is 41.8 Å². The first-order chi connectivity index (χ1) is 9.56. The predicted molar refractivity (Wildman–Crippen MR) is 87.5 cm³/mol. The Morgan fingerprint density at radius 2 is 2.05 bits per heavy atom. The van der Waals surface area contributed by atoms with Crippen molar-refractivity contribution in [3.8, 4) is 17.1 Å². The highest BCUT2D eigenvalue weighted by molar-refractivity contribution is 9.10. The number of aromatic amines is 1. The molecule has 0 aliphatic rings. The lowest BCUT2D eigenvalue weighted by Crippen LogP contribution is -2.00. The molecule has 0 aliphatic heterocycles. The first-order valence-electron chi connectivity index (χ1n) is 5.68. The number of H-pyrrole nitrogens is 1. The van der Waals surface area contributed by atoms with Gasteiger partial charge in [0.25, 0.3) is 0 Å². The van der Waals surface area contributed by atoms with E-state index in [0.29, 0.717) is 17.1 Å². The summed E-state index contributed by atoms with van der Waals surface area (Å²) in [5, 5.41) is 0. The van der Waals surface area contributed by atoms with Crippen molar-refractivity contribution >= 4 is 44.1 Å². The number of halogens is 2. The molecule has 0 saturated carbocycles. The molecule has 0 spiro atoms. The van der Waals surface area contributed by atoms with Crippen LogP contribution in [0.1, 0.15) is 5.69 Å². The number of hydrogen-bond donors (Lipinski definition) is 1. The lowest BCUT2D eigenvalue weighted by molar-refractivity contribution is 0.181. The van der Waals surface area contributed by atoms with Gasteiger partial charge >= 0.3 is 0 Å². The minimum Gasteiger partial charge on any atom is -0.496 e. The molecule has 106 valence electrons. The number of benzene rings is 1. The van der Waals surface area contributed by atoms with Gasteiger partial charge in [0.2, 0.25) is 0 Å².